The Morgan fingerprint density at radius 3 is 2.74 bits per heavy atom. The first kappa shape index (κ1) is 15.9. The average Bonchev–Trinajstić information content (AvgIpc) is 2.78. The van der Waals surface area contributed by atoms with Gasteiger partial charge in [0.2, 0.25) is 0 Å². The summed E-state index contributed by atoms with van der Waals surface area (Å²) in [5.41, 5.74) is 0.355. The molecule has 0 amide bonds. The number of rotatable bonds is 3. The number of alkyl halides is 3. The van der Waals surface area contributed by atoms with Gasteiger partial charge in [-0.1, -0.05) is 17.7 Å². The third-order valence-corrected chi connectivity index (χ3v) is 3.88. The molecule has 1 aromatic heterocycles. The van der Waals surface area contributed by atoms with E-state index >= 15 is 0 Å². The van der Waals surface area contributed by atoms with Crippen LogP contribution >= 0.6 is 11.6 Å². The first-order valence-electron chi connectivity index (χ1n) is 7.04. The van der Waals surface area contributed by atoms with Crippen molar-refractivity contribution < 1.29 is 17.9 Å². The molecule has 0 atom stereocenters. The summed E-state index contributed by atoms with van der Waals surface area (Å²) < 4.78 is 43.4. The zero-order valence-electron chi connectivity index (χ0n) is 11.9. The predicted octanol–water partition coefficient (Wildman–Crippen LogP) is 2.98. The molecule has 23 heavy (non-hydrogen) atoms. The Morgan fingerprint density at radius 2 is 2.09 bits per heavy atom. The zero-order chi connectivity index (χ0) is 16.6. The first-order valence-corrected chi connectivity index (χ1v) is 7.42. The molecule has 5 nitrogen and oxygen atoms in total. The van der Waals surface area contributed by atoms with Gasteiger partial charge in [-0.25, -0.2) is 9.48 Å². The van der Waals surface area contributed by atoms with Crippen LogP contribution in [0.4, 0.5) is 13.2 Å². The van der Waals surface area contributed by atoms with Gasteiger partial charge in [-0.05, 0) is 30.5 Å². The number of halogens is 4. The Balaban J connectivity index is 1.83. The molecule has 0 saturated heterocycles. The molecule has 2 heterocycles. The minimum Gasteiger partial charge on any atom is -0.404 e. The highest BCUT2D eigenvalue weighted by molar-refractivity contribution is 6.32. The Bertz CT molecular complexity index is 783. The molecule has 0 radical (unpaired) electrons. The molecule has 0 spiro atoms. The van der Waals surface area contributed by atoms with E-state index in [0.717, 1.165) is 31.2 Å². The van der Waals surface area contributed by atoms with Crippen molar-refractivity contribution >= 4 is 11.6 Å². The van der Waals surface area contributed by atoms with Crippen molar-refractivity contribution in [2.24, 2.45) is 0 Å². The van der Waals surface area contributed by atoms with Gasteiger partial charge in [0.25, 0.3) is 0 Å². The molecular formula is C14H13ClF3N3O2. The van der Waals surface area contributed by atoms with Gasteiger partial charge in [-0.15, -0.1) is 13.2 Å². The second-order valence-corrected chi connectivity index (χ2v) is 5.68. The minimum atomic E-state index is -4.80. The van der Waals surface area contributed by atoms with E-state index in [4.69, 9.17) is 11.6 Å². The van der Waals surface area contributed by atoms with Gasteiger partial charge in [0.15, 0.2) is 0 Å². The maximum atomic E-state index is 12.2. The van der Waals surface area contributed by atoms with Crippen molar-refractivity contribution in [2.45, 2.75) is 38.7 Å². The molecule has 0 N–H and O–H groups in total. The number of aromatic nitrogens is 3. The topological polar surface area (TPSA) is 49.1 Å². The SMILES string of the molecule is O=c1n(Cc2ccc(OC(F)(F)F)c(Cl)c2)nc2n1CCCC2. The molecule has 0 bridgehead atoms. The summed E-state index contributed by atoms with van der Waals surface area (Å²) in [5, 5.41) is 4.10. The summed E-state index contributed by atoms with van der Waals surface area (Å²) in [6.45, 7) is 0.790. The van der Waals surface area contributed by atoms with Crippen LogP contribution in [0.1, 0.15) is 24.2 Å². The van der Waals surface area contributed by atoms with E-state index in [9.17, 15) is 18.0 Å². The van der Waals surface area contributed by atoms with Gasteiger partial charge in [0.1, 0.15) is 11.6 Å². The van der Waals surface area contributed by atoms with Crippen LogP contribution in [0.2, 0.25) is 5.02 Å². The monoisotopic (exact) mass is 347 g/mol. The van der Waals surface area contributed by atoms with E-state index in [-0.39, 0.29) is 17.3 Å². The van der Waals surface area contributed by atoms with Gasteiger partial charge in [-0.2, -0.15) is 5.10 Å². The molecule has 124 valence electrons. The molecule has 1 aromatic carbocycles. The number of hydrogen-bond acceptors (Lipinski definition) is 3. The molecule has 0 fully saturated rings. The summed E-state index contributed by atoms with van der Waals surface area (Å²) in [6.07, 6.45) is -2.12. The molecule has 0 unspecified atom stereocenters. The van der Waals surface area contributed by atoms with Crippen molar-refractivity contribution in [3.8, 4) is 5.75 Å². The maximum Gasteiger partial charge on any atom is 0.573 e. The van der Waals surface area contributed by atoms with Crippen molar-refractivity contribution in [1.29, 1.82) is 0 Å². The largest absolute Gasteiger partial charge is 0.573 e. The smallest absolute Gasteiger partial charge is 0.404 e. The van der Waals surface area contributed by atoms with Gasteiger partial charge >= 0.3 is 12.1 Å². The lowest BCUT2D eigenvalue weighted by atomic mass is 10.2. The van der Waals surface area contributed by atoms with Crippen LogP contribution in [0.15, 0.2) is 23.0 Å². The van der Waals surface area contributed by atoms with Gasteiger partial charge in [0, 0.05) is 13.0 Å². The first-order chi connectivity index (χ1) is 10.8. The van der Waals surface area contributed by atoms with Crippen LogP contribution in [-0.4, -0.2) is 20.7 Å². The second kappa shape index (κ2) is 5.92. The molecule has 0 saturated carbocycles. The average molecular weight is 348 g/mol. The van der Waals surface area contributed by atoms with Crippen LogP contribution in [0.25, 0.3) is 0 Å². The summed E-state index contributed by atoms with van der Waals surface area (Å²) in [7, 11) is 0. The third kappa shape index (κ3) is 3.52. The molecule has 9 heteroatoms. The summed E-state index contributed by atoms with van der Waals surface area (Å²) >= 11 is 5.80. The van der Waals surface area contributed by atoms with E-state index < -0.39 is 12.1 Å². The third-order valence-electron chi connectivity index (χ3n) is 3.59. The Kier molecular flexibility index (Phi) is 4.09. The molecular weight excluding hydrogens is 335 g/mol. The normalized spacial score (nSPS) is 14.6. The fraction of sp³-hybridized carbons (Fsp3) is 0.429. The highest BCUT2D eigenvalue weighted by Crippen LogP contribution is 2.30. The lowest BCUT2D eigenvalue weighted by molar-refractivity contribution is -0.274. The molecule has 1 aliphatic heterocycles. The van der Waals surface area contributed by atoms with Crippen LogP contribution in [0, 0.1) is 0 Å². The highest BCUT2D eigenvalue weighted by Gasteiger charge is 2.32. The molecule has 2 aromatic rings. The van der Waals surface area contributed by atoms with E-state index in [0.29, 0.717) is 12.1 Å². The second-order valence-electron chi connectivity index (χ2n) is 5.28. The van der Waals surface area contributed by atoms with Gasteiger partial charge < -0.3 is 4.74 Å². The minimum absolute atomic E-state index is 0.144. The fourth-order valence-corrected chi connectivity index (χ4v) is 2.82. The predicted molar refractivity (Wildman–Crippen MR) is 76.7 cm³/mol. The molecule has 0 aliphatic carbocycles. The van der Waals surface area contributed by atoms with Crippen LogP contribution < -0.4 is 10.4 Å². The van der Waals surface area contributed by atoms with Crippen molar-refractivity contribution in [3.63, 3.8) is 0 Å². The van der Waals surface area contributed by atoms with Gasteiger partial charge in [-0.3, -0.25) is 4.57 Å². The number of ether oxygens (including phenoxy) is 1. The zero-order valence-corrected chi connectivity index (χ0v) is 12.7. The summed E-state index contributed by atoms with van der Waals surface area (Å²) in [6, 6.07) is 3.90. The van der Waals surface area contributed by atoms with Crippen molar-refractivity contribution in [3.05, 3.63) is 45.1 Å². The number of nitrogens with zero attached hydrogens (tertiary/aromatic N) is 3. The number of aryl methyl sites for hydroxylation is 1. The van der Waals surface area contributed by atoms with E-state index in [2.05, 4.69) is 9.84 Å². The van der Waals surface area contributed by atoms with E-state index in [1.54, 1.807) is 4.57 Å². The Labute approximate surface area is 134 Å². The summed E-state index contributed by atoms with van der Waals surface area (Å²) in [4.78, 5) is 12.2. The van der Waals surface area contributed by atoms with Gasteiger partial charge in [0.05, 0.1) is 11.6 Å². The number of hydrogen-bond donors (Lipinski definition) is 0. The van der Waals surface area contributed by atoms with Crippen molar-refractivity contribution in [1.82, 2.24) is 14.3 Å². The molecule has 1 aliphatic rings. The standard InChI is InChI=1S/C14H13ClF3N3O2/c15-10-7-9(4-5-11(10)23-14(16,17)18)8-21-13(22)20-6-2-1-3-12(20)19-21/h4-5,7H,1-3,6,8H2. The summed E-state index contributed by atoms with van der Waals surface area (Å²) in [5.74, 6) is 0.267. The van der Waals surface area contributed by atoms with E-state index in [1.807, 2.05) is 0 Å². The number of fused-ring (bicyclic) bond motifs is 1. The fourth-order valence-electron chi connectivity index (χ4n) is 2.57. The van der Waals surface area contributed by atoms with Crippen molar-refractivity contribution in [2.75, 3.05) is 0 Å². The highest BCUT2D eigenvalue weighted by atomic mass is 35.5. The van der Waals surface area contributed by atoms with Crippen LogP contribution in [0.5, 0.6) is 5.75 Å². The lowest BCUT2D eigenvalue weighted by Crippen LogP contribution is -2.27. The number of benzene rings is 1. The van der Waals surface area contributed by atoms with Crippen LogP contribution in [-0.2, 0) is 19.5 Å². The quantitative estimate of drug-likeness (QED) is 0.857. The van der Waals surface area contributed by atoms with E-state index in [1.165, 1.54) is 16.8 Å². The molecule has 3 rings (SSSR count). The lowest BCUT2D eigenvalue weighted by Gasteiger charge is -2.11. The maximum absolute atomic E-state index is 12.2. The van der Waals surface area contributed by atoms with Crippen LogP contribution in [0.3, 0.4) is 0 Å². The Hall–Kier alpha value is -1.96. The Morgan fingerprint density at radius 1 is 1.30 bits per heavy atom.